The van der Waals surface area contributed by atoms with Crippen molar-refractivity contribution in [3.05, 3.63) is 82.5 Å². The van der Waals surface area contributed by atoms with Crippen LogP contribution in [0.25, 0.3) is 16.7 Å². The molecule has 27 heavy (non-hydrogen) atoms. The molecular weight excluding hydrogens is 406 g/mol. The highest BCUT2D eigenvalue weighted by molar-refractivity contribution is 9.10. The minimum absolute atomic E-state index is 0.260. The van der Waals surface area contributed by atoms with E-state index in [1.165, 1.54) is 10.9 Å². The van der Waals surface area contributed by atoms with E-state index >= 15 is 0 Å². The Morgan fingerprint density at radius 1 is 1.07 bits per heavy atom. The number of carbonyl (C=O) groups excluding carboxylic acids is 1. The fraction of sp³-hybridized carbons (Fsp3) is 0. The molecular formula is C20H12BrN5O. The van der Waals surface area contributed by atoms with Crippen LogP contribution >= 0.6 is 15.9 Å². The van der Waals surface area contributed by atoms with E-state index < -0.39 is 0 Å². The van der Waals surface area contributed by atoms with Gasteiger partial charge in [-0.15, -0.1) is 0 Å². The number of anilines is 1. The monoisotopic (exact) mass is 417 g/mol. The number of nitriles is 1. The summed E-state index contributed by atoms with van der Waals surface area (Å²) >= 11 is 3.34. The quantitative estimate of drug-likeness (QED) is 0.538. The maximum atomic E-state index is 12.6. The van der Waals surface area contributed by atoms with Gasteiger partial charge in [0, 0.05) is 15.4 Å². The minimum Gasteiger partial charge on any atom is -0.305 e. The molecule has 1 amide bonds. The van der Waals surface area contributed by atoms with Crippen LogP contribution in [0.1, 0.15) is 15.9 Å². The number of amides is 1. The van der Waals surface area contributed by atoms with Crippen molar-refractivity contribution >= 4 is 38.6 Å². The van der Waals surface area contributed by atoms with Gasteiger partial charge in [-0.3, -0.25) is 4.79 Å². The number of rotatable bonds is 3. The summed E-state index contributed by atoms with van der Waals surface area (Å²) < 4.78 is 2.34. The Labute approximate surface area is 163 Å². The fourth-order valence-electron chi connectivity index (χ4n) is 2.68. The maximum absolute atomic E-state index is 12.6. The van der Waals surface area contributed by atoms with E-state index in [1.807, 2.05) is 30.3 Å². The van der Waals surface area contributed by atoms with Crippen molar-refractivity contribution in [2.75, 3.05) is 5.32 Å². The van der Waals surface area contributed by atoms with E-state index in [-0.39, 0.29) is 17.3 Å². The average molecular weight is 418 g/mol. The number of nitrogens with one attached hydrogen (secondary N) is 1. The van der Waals surface area contributed by atoms with E-state index in [0.29, 0.717) is 11.4 Å². The Balaban J connectivity index is 1.74. The van der Waals surface area contributed by atoms with Crippen LogP contribution in [0.5, 0.6) is 0 Å². The van der Waals surface area contributed by atoms with Gasteiger partial charge in [-0.2, -0.15) is 15.0 Å². The number of hydrogen-bond donors (Lipinski definition) is 1. The normalized spacial score (nSPS) is 10.5. The van der Waals surface area contributed by atoms with Crippen LogP contribution in [-0.4, -0.2) is 20.7 Å². The smallest absolute Gasteiger partial charge is 0.256 e. The number of para-hydroxylation sites is 1. The highest BCUT2D eigenvalue weighted by Gasteiger charge is 2.17. The molecule has 6 nitrogen and oxygen atoms in total. The molecule has 0 aliphatic rings. The summed E-state index contributed by atoms with van der Waals surface area (Å²) in [6.45, 7) is 0. The fourth-order valence-corrected chi connectivity index (χ4v) is 2.94. The molecule has 2 aromatic heterocycles. The van der Waals surface area contributed by atoms with Gasteiger partial charge in [0.1, 0.15) is 11.6 Å². The molecule has 4 rings (SSSR count). The van der Waals surface area contributed by atoms with E-state index in [1.54, 1.807) is 30.3 Å². The largest absolute Gasteiger partial charge is 0.305 e. The van der Waals surface area contributed by atoms with Gasteiger partial charge in [0.25, 0.3) is 5.91 Å². The minimum atomic E-state index is -0.332. The molecule has 2 heterocycles. The van der Waals surface area contributed by atoms with Crippen molar-refractivity contribution < 1.29 is 4.79 Å². The van der Waals surface area contributed by atoms with Gasteiger partial charge in [-0.05, 0) is 42.5 Å². The Morgan fingerprint density at radius 3 is 2.63 bits per heavy atom. The lowest BCUT2D eigenvalue weighted by atomic mass is 10.2. The summed E-state index contributed by atoms with van der Waals surface area (Å²) in [4.78, 5) is 17.2. The van der Waals surface area contributed by atoms with Gasteiger partial charge in [0.15, 0.2) is 11.6 Å². The molecule has 0 radical (unpaired) electrons. The first-order valence-electron chi connectivity index (χ1n) is 8.07. The first-order chi connectivity index (χ1) is 13.2. The second-order valence-electron chi connectivity index (χ2n) is 5.75. The summed E-state index contributed by atoms with van der Waals surface area (Å²) in [5, 5.41) is 17.4. The number of hydrogen-bond acceptors (Lipinski definition) is 4. The first kappa shape index (κ1) is 16.9. The SMILES string of the molecule is N#Cc1cnn(-c2ccc3ccccc3n2)c1NC(=O)c1ccc(Br)cc1. The second kappa shape index (κ2) is 7.02. The number of halogens is 1. The predicted octanol–water partition coefficient (Wildman–Crippen LogP) is 4.31. The molecule has 1 N–H and O–H groups in total. The standard InChI is InChI=1S/C20H12BrN5O/c21-16-8-5-14(6-9-16)20(27)25-19-15(11-22)12-23-26(19)18-10-7-13-3-1-2-4-17(13)24-18/h1-10,12H,(H,25,27). The van der Waals surface area contributed by atoms with Crippen molar-refractivity contribution in [2.24, 2.45) is 0 Å². The van der Waals surface area contributed by atoms with Crippen LogP contribution in [0.4, 0.5) is 5.82 Å². The van der Waals surface area contributed by atoms with E-state index in [4.69, 9.17) is 0 Å². The molecule has 7 heteroatoms. The van der Waals surface area contributed by atoms with E-state index in [2.05, 4.69) is 37.4 Å². The lowest BCUT2D eigenvalue weighted by molar-refractivity contribution is 0.102. The van der Waals surface area contributed by atoms with Crippen molar-refractivity contribution in [1.29, 1.82) is 5.26 Å². The van der Waals surface area contributed by atoms with Crippen LogP contribution in [0.2, 0.25) is 0 Å². The van der Waals surface area contributed by atoms with Crippen LogP contribution in [0.3, 0.4) is 0 Å². The molecule has 2 aromatic carbocycles. The highest BCUT2D eigenvalue weighted by atomic mass is 79.9. The summed E-state index contributed by atoms with van der Waals surface area (Å²) in [6, 6.07) is 20.4. The molecule has 0 bridgehead atoms. The first-order valence-corrected chi connectivity index (χ1v) is 8.86. The summed E-state index contributed by atoms with van der Waals surface area (Å²) in [6.07, 6.45) is 1.41. The third-order valence-corrected chi connectivity index (χ3v) is 4.56. The number of aromatic nitrogens is 3. The van der Waals surface area contributed by atoms with Crippen molar-refractivity contribution in [1.82, 2.24) is 14.8 Å². The molecule has 0 aliphatic carbocycles. The summed E-state index contributed by atoms with van der Waals surface area (Å²) in [5.74, 6) is 0.469. The van der Waals surface area contributed by atoms with E-state index in [0.717, 1.165) is 15.4 Å². The third kappa shape index (κ3) is 3.30. The maximum Gasteiger partial charge on any atom is 0.256 e. The Morgan fingerprint density at radius 2 is 1.85 bits per heavy atom. The number of pyridine rings is 1. The highest BCUT2D eigenvalue weighted by Crippen LogP contribution is 2.22. The number of nitrogens with zero attached hydrogens (tertiary/aromatic N) is 4. The zero-order valence-corrected chi connectivity index (χ0v) is 15.5. The van der Waals surface area contributed by atoms with Crippen molar-refractivity contribution in [3.63, 3.8) is 0 Å². The molecule has 0 atom stereocenters. The zero-order chi connectivity index (χ0) is 18.8. The average Bonchev–Trinajstić information content (AvgIpc) is 3.10. The summed E-state index contributed by atoms with van der Waals surface area (Å²) in [5.41, 5.74) is 1.53. The second-order valence-corrected chi connectivity index (χ2v) is 6.67. The lowest BCUT2D eigenvalue weighted by Crippen LogP contribution is -2.16. The molecule has 0 fully saturated rings. The molecule has 0 unspecified atom stereocenters. The molecule has 0 aliphatic heterocycles. The molecule has 0 saturated carbocycles. The van der Waals surface area contributed by atoms with Gasteiger partial charge in [-0.1, -0.05) is 34.1 Å². The van der Waals surface area contributed by atoms with Gasteiger partial charge in [0.2, 0.25) is 0 Å². The third-order valence-electron chi connectivity index (χ3n) is 4.03. The van der Waals surface area contributed by atoms with Crippen molar-refractivity contribution in [2.45, 2.75) is 0 Å². The number of benzene rings is 2. The molecule has 130 valence electrons. The van der Waals surface area contributed by atoms with Gasteiger partial charge in [-0.25, -0.2) is 4.98 Å². The zero-order valence-electron chi connectivity index (χ0n) is 13.9. The molecule has 0 saturated heterocycles. The molecule has 4 aromatic rings. The predicted molar refractivity (Wildman–Crippen MR) is 106 cm³/mol. The Bertz CT molecular complexity index is 1190. The lowest BCUT2D eigenvalue weighted by Gasteiger charge is -2.10. The number of fused-ring (bicyclic) bond motifs is 1. The van der Waals surface area contributed by atoms with Crippen LogP contribution in [-0.2, 0) is 0 Å². The Hall–Kier alpha value is -3.50. The van der Waals surface area contributed by atoms with Crippen LogP contribution in [0, 0.1) is 11.3 Å². The van der Waals surface area contributed by atoms with Gasteiger partial charge in [0.05, 0.1) is 11.7 Å². The van der Waals surface area contributed by atoms with Gasteiger partial charge < -0.3 is 5.32 Å². The summed E-state index contributed by atoms with van der Waals surface area (Å²) in [7, 11) is 0. The van der Waals surface area contributed by atoms with Gasteiger partial charge >= 0.3 is 0 Å². The molecule has 0 spiro atoms. The van der Waals surface area contributed by atoms with Crippen molar-refractivity contribution in [3.8, 4) is 11.9 Å². The number of carbonyl (C=O) groups is 1. The van der Waals surface area contributed by atoms with E-state index in [9.17, 15) is 10.1 Å². The van der Waals surface area contributed by atoms with Crippen LogP contribution in [0.15, 0.2) is 71.3 Å². The van der Waals surface area contributed by atoms with Crippen LogP contribution < -0.4 is 5.32 Å². The topological polar surface area (TPSA) is 83.6 Å². The Kier molecular flexibility index (Phi) is 4.40.